The van der Waals surface area contributed by atoms with Crippen LogP contribution in [0.5, 0.6) is 17.2 Å². The highest BCUT2D eigenvalue weighted by Gasteiger charge is 2.17. The topological polar surface area (TPSA) is 29.5 Å². The third-order valence-corrected chi connectivity index (χ3v) is 6.63. The van der Waals surface area contributed by atoms with Crippen LogP contribution in [0.1, 0.15) is 32.8 Å². The Labute approximate surface area is 182 Å². The van der Waals surface area contributed by atoms with Crippen molar-refractivity contribution in [2.75, 3.05) is 0 Å². The van der Waals surface area contributed by atoms with Gasteiger partial charge in [-0.2, -0.15) is 0 Å². The van der Waals surface area contributed by atoms with Crippen LogP contribution in [-0.4, -0.2) is 5.11 Å². The van der Waals surface area contributed by atoms with E-state index in [1.807, 2.05) is 36.4 Å². The van der Waals surface area contributed by atoms with E-state index in [0.29, 0.717) is 0 Å². The van der Waals surface area contributed by atoms with Crippen molar-refractivity contribution in [3.05, 3.63) is 90.5 Å². The number of phenolic OH excluding ortho intramolecular Hbond substituents is 1. The van der Waals surface area contributed by atoms with E-state index in [9.17, 15) is 5.11 Å². The second kappa shape index (κ2) is 8.45. The molecule has 0 amide bonds. The van der Waals surface area contributed by atoms with E-state index in [1.165, 1.54) is 15.4 Å². The van der Waals surface area contributed by atoms with Gasteiger partial charge in [0.25, 0.3) is 0 Å². The zero-order chi connectivity index (χ0) is 21.1. The molecule has 0 aliphatic heterocycles. The van der Waals surface area contributed by atoms with Crippen molar-refractivity contribution in [1.29, 1.82) is 0 Å². The van der Waals surface area contributed by atoms with Crippen LogP contribution in [-0.2, 0) is 5.41 Å². The summed E-state index contributed by atoms with van der Waals surface area (Å²) in [7, 11) is 0. The molecule has 0 spiro atoms. The Kier molecular flexibility index (Phi) is 5.74. The number of hydrogen-bond donors (Lipinski definition) is 1. The molecule has 0 aliphatic rings. The minimum atomic E-state index is 0.214. The second-order valence-corrected chi connectivity index (χ2v) is 9.28. The van der Waals surface area contributed by atoms with Gasteiger partial charge >= 0.3 is 0 Å². The first-order chi connectivity index (χ1) is 14.4. The van der Waals surface area contributed by atoms with Gasteiger partial charge < -0.3 is 9.84 Å². The first kappa shape index (κ1) is 20.4. The van der Waals surface area contributed by atoms with Gasteiger partial charge in [-0.05, 0) is 88.8 Å². The van der Waals surface area contributed by atoms with E-state index in [0.717, 1.165) is 28.7 Å². The largest absolute Gasteiger partial charge is 0.508 e. The lowest BCUT2D eigenvalue weighted by Crippen LogP contribution is -2.14. The highest BCUT2D eigenvalue weighted by molar-refractivity contribution is 7.99. The maximum absolute atomic E-state index is 9.59. The summed E-state index contributed by atoms with van der Waals surface area (Å²) in [5.41, 5.74) is 1.59. The molecule has 0 radical (unpaired) electrons. The molecular formula is C27H26O2S. The van der Waals surface area contributed by atoms with Crippen LogP contribution in [0.3, 0.4) is 0 Å². The lowest BCUT2D eigenvalue weighted by atomic mass is 9.82. The zero-order valence-electron chi connectivity index (χ0n) is 17.6. The molecular weight excluding hydrogens is 388 g/mol. The Bertz CT molecular complexity index is 1150. The summed E-state index contributed by atoms with van der Waals surface area (Å²) in [6.45, 7) is 6.80. The van der Waals surface area contributed by atoms with E-state index in [-0.39, 0.29) is 11.2 Å². The fourth-order valence-corrected chi connectivity index (χ4v) is 4.12. The first-order valence-corrected chi connectivity index (χ1v) is 11.0. The standard InChI is InChI=1S/C27H26O2S/c1-4-27(2,3)21-7-13-25(14-8-21)30-26-15-11-23(12-16-26)29-24-10-6-19-17-22(28)9-5-20(19)18-24/h5-18,28H,4H2,1-3H3. The molecule has 3 heteroatoms. The van der Waals surface area contributed by atoms with Gasteiger partial charge in [0, 0.05) is 9.79 Å². The lowest BCUT2D eigenvalue weighted by Gasteiger charge is -2.23. The maximum Gasteiger partial charge on any atom is 0.128 e. The number of fused-ring (bicyclic) bond motifs is 1. The first-order valence-electron chi connectivity index (χ1n) is 10.2. The van der Waals surface area contributed by atoms with E-state index in [1.54, 1.807) is 23.9 Å². The summed E-state index contributed by atoms with van der Waals surface area (Å²) in [5.74, 6) is 1.85. The maximum atomic E-state index is 9.59. The summed E-state index contributed by atoms with van der Waals surface area (Å²) >= 11 is 1.75. The molecule has 0 bridgehead atoms. The molecule has 0 atom stereocenters. The van der Waals surface area contributed by atoms with Crippen LogP contribution in [0.25, 0.3) is 10.8 Å². The van der Waals surface area contributed by atoms with Gasteiger partial charge in [-0.15, -0.1) is 0 Å². The van der Waals surface area contributed by atoms with Crippen molar-refractivity contribution in [3.63, 3.8) is 0 Å². The SMILES string of the molecule is CCC(C)(C)c1ccc(Sc2ccc(Oc3ccc4cc(O)ccc4c3)cc2)cc1. The average molecular weight is 415 g/mol. The molecule has 2 nitrogen and oxygen atoms in total. The monoisotopic (exact) mass is 414 g/mol. The highest BCUT2D eigenvalue weighted by Crippen LogP contribution is 2.33. The summed E-state index contributed by atoms with van der Waals surface area (Å²) < 4.78 is 6.02. The predicted octanol–water partition coefficient (Wildman–Crippen LogP) is 8.18. The van der Waals surface area contributed by atoms with Gasteiger partial charge in [-0.3, -0.25) is 0 Å². The molecule has 0 fully saturated rings. The van der Waals surface area contributed by atoms with Crippen LogP contribution < -0.4 is 4.74 Å². The normalized spacial score (nSPS) is 11.6. The summed E-state index contributed by atoms with van der Waals surface area (Å²) in [6.07, 6.45) is 1.13. The van der Waals surface area contributed by atoms with Crippen LogP contribution in [0.4, 0.5) is 0 Å². The Morgan fingerprint density at radius 3 is 1.97 bits per heavy atom. The van der Waals surface area contributed by atoms with Crippen LogP contribution >= 0.6 is 11.8 Å². The highest BCUT2D eigenvalue weighted by atomic mass is 32.2. The van der Waals surface area contributed by atoms with Crippen molar-refractivity contribution >= 4 is 22.5 Å². The van der Waals surface area contributed by atoms with Crippen LogP contribution in [0.2, 0.25) is 0 Å². The Morgan fingerprint density at radius 2 is 1.30 bits per heavy atom. The summed E-state index contributed by atoms with van der Waals surface area (Å²) in [5, 5.41) is 11.6. The molecule has 4 aromatic rings. The van der Waals surface area contributed by atoms with Crippen molar-refractivity contribution in [1.82, 2.24) is 0 Å². The second-order valence-electron chi connectivity index (χ2n) is 8.13. The molecule has 0 saturated carbocycles. The van der Waals surface area contributed by atoms with Gasteiger partial charge in [0.05, 0.1) is 0 Å². The van der Waals surface area contributed by atoms with E-state index >= 15 is 0 Å². The van der Waals surface area contributed by atoms with Crippen molar-refractivity contribution < 1.29 is 9.84 Å². The number of ether oxygens (including phenoxy) is 1. The average Bonchev–Trinajstić information content (AvgIpc) is 2.75. The zero-order valence-corrected chi connectivity index (χ0v) is 18.4. The fraction of sp³-hybridized carbons (Fsp3) is 0.185. The predicted molar refractivity (Wildman–Crippen MR) is 126 cm³/mol. The third kappa shape index (κ3) is 4.63. The Balaban J connectivity index is 1.43. The van der Waals surface area contributed by atoms with E-state index in [2.05, 4.69) is 57.2 Å². The molecule has 30 heavy (non-hydrogen) atoms. The Morgan fingerprint density at radius 1 is 0.733 bits per heavy atom. The minimum Gasteiger partial charge on any atom is -0.508 e. The third-order valence-electron chi connectivity index (χ3n) is 5.61. The van der Waals surface area contributed by atoms with Crippen molar-refractivity contribution in [3.8, 4) is 17.2 Å². The number of hydrogen-bond acceptors (Lipinski definition) is 3. The van der Waals surface area contributed by atoms with Gasteiger partial charge in [-0.25, -0.2) is 0 Å². The number of benzene rings is 4. The molecule has 0 aromatic heterocycles. The van der Waals surface area contributed by atoms with Crippen LogP contribution in [0.15, 0.2) is 94.7 Å². The molecule has 0 heterocycles. The van der Waals surface area contributed by atoms with Gasteiger partial charge in [-0.1, -0.05) is 56.8 Å². The molecule has 4 rings (SSSR count). The molecule has 4 aromatic carbocycles. The lowest BCUT2D eigenvalue weighted by molar-refractivity contribution is 0.475. The molecule has 0 saturated heterocycles. The summed E-state index contributed by atoms with van der Waals surface area (Å²) in [4.78, 5) is 2.41. The summed E-state index contributed by atoms with van der Waals surface area (Å²) in [6, 6.07) is 28.2. The molecule has 152 valence electrons. The molecule has 0 unspecified atom stereocenters. The van der Waals surface area contributed by atoms with E-state index in [4.69, 9.17) is 4.74 Å². The van der Waals surface area contributed by atoms with Gasteiger partial charge in [0.1, 0.15) is 17.2 Å². The van der Waals surface area contributed by atoms with E-state index < -0.39 is 0 Å². The number of aromatic hydroxyl groups is 1. The quantitative estimate of drug-likeness (QED) is 0.345. The van der Waals surface area contributed by atoms with Crippen LogP contribution in [0, 0.1) is 0 Å². The number of phenols is 1. The van der Waals surface area contributed by atoms with Gasteiger partial charge in [0.2, 0.25) is 0 Å². The van der Waals surface area contributed by atoms with Crippen molar-refractivity contribution in [2.24, 2.45) is 0 Å². The smallest absolute Gasteiger partial charge is 0.128 e. The molecule has 1 N–H and O–H groups in total. The van der Waals surface area contributed by atoms with Crippen molar-refractivity contribution in [2.45, 2.75) is 42.4 Å². The Hall–Kier alpha value is -2.91. The fourth-order valence-electron chi connectivity index (χ4n) is 3.30. The number of rotatable bonds is 6. The van der Waals surface area contributed by atoms with Gasteiger partial charge in [0.15, 0.2) is 0 Å². The molecule has 0 aliphatic carbocycles. The minimum absolute atomic E-state index is 0.214.